The zero-order chi connectivity index (χ0) is 17.5. The van der Waals surface area contributed by atoms with Crippen molar-refractivity contribution >= 4 is 17.8 Å². The summed E-state index contributed by atoms with van der Waals surface area (Å²) in [7, 11) is 1.24. The number of amides is 1. The smallest absolute Gasteiger partial charge is 0.273 e. The van der Waals surface area contributed by atoms with Crippen LogP contribution in [0.25, 0.3) is 0 Å². The molecule has 0 heterocycles. The maximum absolute atomic E-state index is 12.0. The third-order valence-corrected chi connectivity index (χ3v) is 3.10. The predicted octanol–water partition coefficient (Wildman–Crippen LogP) is 1.37. The van der Waals surface area contributed by atoms with E-state index >= 15 is 0 Å². The van der Waals surface area contributed by atoms with Crippen molar-refractivity contribution in [1.82, 2.24) is 5.43 Å². The molecule has 0 atom stereocenters. The first-order valence-corrected chi connectivity index (χ1v) is 6.90. The summed E-state index contributed by atoms with van der Waals surface area (Å²) in [5.74, 6) is -1.09. The van der Waals surface area contributed by atoms with Gasteiger partial charge < -0.3 is 9.84 Å². The highest BCUT2D eigenvalue weighted by Gasteiger charge is 2.11. The SMILES string of the molecule is COc1cc([N+](=O)[O-])cc(/C=N\NC(=O)Cc2ccccc2)c1[O-]. The first-order valence-electron chi connectivity index (χ1n) is 6.90. The third-order valence-electron chi connectivity index (χ3n) is 3.10. The number of benzene rings is 2. The van der Waals surface area contributed by atoms with E-state index in [-0.39, 0.29) is 29.3 Å². The summed E-state index contributed by atoms with van der Waals surface area (Å²) >= 11 is 0. The van der Waals surface area contributed by atoms with E-state index in [2.05, 4.69) is 10.5 Å². The first-order chi connectivity index (χ1) is 11.5. The zero-order valence-corrected chi connectivity index (χ0v) is 12.8. The van der Waals surface area contributed by atoms with Crippen molar-refractivity contribution in [3.63, 3.8) is 0 Å². The second-order valence-electron chi connectivity index (χ2n) is 4.78. The summed E-state index contributed by atoms with van der Waals surface area (Å²) in [6, 6.07) is 11.2. The molecule has 2 aromatic carbocycles. The van der Waals surface area contributed by atoms with Gasteiger partial charge in [0.05, 0.1) is 30.7 Å². The molecule has 1 amide bonds. The normalized spacial score (nSPS) is 10.5. The number of non-ortho nitro benzene ring substituents is 1. The Morgan fingerprint density at radius 3 is 2.67 bits per heavy atom. The Balaban J connectivity index is 2.09. The minimum Gasteiger partial charge on any atom is -0.870 e. The van der Waals surface area contributed by atoms with Crippen molar-refractivity contribution in [3.05, 3.63) is 63.7 Å². The lowest BCUT2D eigenvalue weighted by Crippen LogP contribution is -2.19. The van der Waals surface area contributed by atoms with E-state index in [1.165, 1.54) is 7.11 Å². The number of carbonyl (C=O) groups excluding carboxylic acids is 1. The van der Waals surface area contributed by atoms with Crippen molar-refractivity contribution in [1.29, 1.82) is 0 Å². The van der Waals surface area contributed by atoms with Gasteiger partial charge >= 0.3 is 0 Å². The molecule has 8 nitrogen and oxygen atoms in total. The summed E-state index contributed by atoms with van der Waals surface area (Å²) in [5, 5.41) is 26.5. The topological polar surface area (TPSA) is 117 Å². The molecule has 0 fully saturated rings. The van der Waals surface area contributed by atoms with Crippen LogP contribution in [0.15, 0.2) is 47.6 Å². The zero-order valence-electron chi connectivity index (χ0n) is 12.8. The van der Waals surface area contributed by atoms with E-state index in [0.29, 0.717) is 0 Å². The van der Waals surface area contributed by atoms with Gasteiger partial charge in [0.2, 0.25) is 5.91 Å². The van der Waals surface area contributed by atoms with E-state index in [1.54, 1.807) is 12.1 Å². The van der Waals surface area contributed by atoms with Crippen LogP contribution in [0.3, 0.4) is 0 Å². The summed E-state index contributed by atoms with van der Waals surface area (Å²) in [6.07, 6.45) is 1.18. The van der Waals surface area contributed by atoms with Crippen molar-refractivity contribution in [2.24, 2.45) is 5.10 Å². The molecular formula is C16H14N3O5-. The molecule has 8 heteroatoms. The van der Waals surface area contributed by atoms with Gasteiger partial charge in [0, 0.05) is 6.07 Å². The Hall–Kier alpha value is -3.42. The molecular weight excluding hydrogens is 314 g/mol. The number of nitrogens with one attached hydrogen (secondary N) is 1. The minimum absolute atomic E-state index is 0.0546. The van der Waals surface area contributed by atoms with Crippen LogP contribution in [0.5, 0.6) is 11.5 Å². The maximum atomic E-state index is 12.0. The second-order valence-corrected chi connectivity index (χ2v) is 4.78. The first kappa shape index (κ1) is 16.9. The van der Waals surface area contributed by atoms with Gasteiger partial charge in [0.15, 0.2) is 0 Å². The highest BCUT2D eigenvalue weighted by molar-refractivity contribution is 5.87. The van der Waals surface area contributed by atoms with Crippen LogP contribution in [0, 0.1) is 10.1 Å². The maximum Gasteiger partial charge on any atom is 0.273 e. The lowest BCUT2D eigenvalue weighted by Gasteiger charge is -2.14. The summed E-state index contributed by atoms with van der Waals surface area (Å²) in [6.45, 7) is 0. The lowest BCUT2D eigenvalue weighted by molar-refractivity contribution is -0.385. The Kier molecular flexibility index (Phi) is 5.45. The van der Waals surface area contributed by atoms with Crippen LogP contribution in [-0.4, -0.2) is 24.2 Å². The quantitative estimate of drug-likeness (QED) is 0.488. The molecule has 0 saturated heterocycles. The predicted molar refractivity (Wildman–Crippen MR) is 85.0 cm³/mol. The highest BCUT2D eigenvalue weighted by Crippen LogP contribution is 2.31. The van der Waals surface area contributed by atoms with Crippen LogP contribution in [0.2, 0.25) is 0 Å². The van der Waals surface area contributed by atoms with Crippen LogP contribution in [0.1, 0.15) is 11.1 Å². The van der Waals surface area contributed by atoms with E-state index < -0.39 is 10.7 Å². The molecule has 2 aromatic rings. The van der Waals surface area contributed by atoms with Gasteiger partial charge in [-0.1, -0.05) is 36.1 Å². The van der Waals surface area contributed by atoms with Crippen molar-refractivity contribution in [2.75, 3.05) is 7.11 Å². The van der Waals surface area contributed by atoms with Crippen molar-refractivity contribution in [3.8, 4) is 11.5 Å². The fourth-order valence-electron chi connectivity index (χ4n) is 1.96. The number of carbonyl (C=O) groups is 1. The number of nitro groups is 1. The number of methoxy groups -OCH3 is 1. The molecule has 0 unspecified atom stereocenters. The number of nitro benzene ring substituents is 1. The van der Waals surface area contributed by atoms with Gasteiger partial charge in [-0.05, 0) is 11.1 Å². The summed E-state index contributed by atoms with van der Waals surface area (Å²) in [4.78, 5) is 22.0. The van der Waals surface area contributed by atoms with E-state index in [1.807, 2.05) is 18.2 Å². The Morgan fingerprint density at radius 1 is 1.33 bits per heavy atom. The van der Waals surface area contributed by atoms with Gasteiger partial charge in [0.25, 0.3) is 5.69 Å². The fourth-order valence-corrected chi connectivity index (χ4v) is 1.96. The van der Waals surface area contributed by atoms with Gasteiger partial charge in [0.1, 0.15) is 5.75 Å². The van der Waals surface area contributed by atoms with Gasteiger partial charge in [-0.3, -0.25) is 14.9 Å². The Morgan fingerprint density at radius 2 is 2.04 bits per heavy atom. The molecule has 24 heavy (non-hydrogen) atoms. The van der Waals surface area contributed by atoms with Crippen LogP contribution in [-0.2, 0) is 11.2 Å². The third kappa shape index (κ3) is 4.29. The average Bonchev–Trinajstić information content (AvgIpc) is 2.57. The lowest BCUT2D eigenvalue weighted by atomic mass is 10.1. The average molecular weight is 328 g/mol. The number of hydrogen-bond acceptors (Lipinski definition) is 6. The fraction of sp³-hybridized carbons (Fsp3) is 0.125. The van der Waals surface area contributed by atoms with Crippen molar-refractivity contribution in [2.45, 2.75) is 6.42 Å². The van der Waals surface area contributed by atoms with Crippen LogP contribution >= 0.6 is 0 Å². The number of hydrazone groups is 1. The number of nitrogens with zero attached hydrogens (tertiary/aromatic N) is 2. The Bertz CT molecular complexity index is 775. The molecule has 0 aliphatic rings. The van der Waals surface area contributed by atoms with E-state index in [4.69, 9.17) is 4.74 Å². The number of hydrogen-bond donors (Lipinski definition) is 1. The number of rotatable bonds is 6. The summed E-state index contributed by atoms with van der Waals surface area (Å²) < 4.78 is 4.82. The molecule has 0 radical (unpaired) electrons. The molecule has 0 aliphatic carbocycles. The molecule has 1 N–H and O–H groups in total. The van der Waals surface area contributed by atoms with Gasteiger partial charge in [-0.25, -0.2) is 5.43 Å². The van der Waals surface area contributed by atoms with Crippen LogP contribution < -0.4 is 15.3 Å². The molecule has 0 aromatic heterocycles. The van der Waals surface area contributed by atoms with Gasteiger partial charge in [-0.2, -0.15) is 5.10 Å². The number of ether oxygens (including phenoxy) is 1. The van der Waals surface area contributed by atoms with Crippen molar-refractivity contribution < 1.29 is 19.6 Å². The molecule has 2 rings (SSSR count). The Labute approximate surface area is 137 Å². The molecule has 124 valence electrons. The minimum atomic E-state index is -0.646. The molecule has 0 aliphatic heterocycles. The largest absolute Gasteiger partial charge is 0.870 e. The second kappa shape index (κ2) is 7.73. The monoisotopic (exact) mass is 328 g/mol. The molecule has 0 bridgehead atoms. The van der Waals surface area contributed by atoms with E-state index in [0.717, 1.165) is 23.9 Å². The van der Waals surface area contributed by atoms with Gasteiger partial charge in [-0.15, -0.1) is 0 Å². The van der Waals surface area contributed by atoms with Crippen LogP contribution in [0.4, 0.5) is 5.69 Å². The summed E-state index contributed by atoms with van der Waals surface area (Å²) in [5.41, 5.74) is 2.73. The molecule has 0 saturated carbocycles. The molecule has 0 spiro atoms. The van der Waals surface area contributed by atoms with E-state index in [9.17, 15) is 20.0 Å². The standard InChI is InChI=1S/C16H15N3O5/c1-24-14-9-13(19(22)23)8-12(16(14)21)10-17-18-15(20)7-11-5-3-2-4-6-11/h2-6,8-10,21H,7H2,1H3,(H,18,20)/p-1/b17-10-. The highest BCUT2D eigenvalue weighted by atomic mass is 16.6.